The molecule has 2 saturated heterocycles. The molecule has 2 heterocycles. The number of carbonyl (C=O) groups excluding carboxylic acids is 2. The standard InChI is InChI=1S/C20H29FN4O2S/c1-3-17-18(26)25(19(28-17)15-7-5-6-8-16(15)21)14-11-23-9-12-24(13-10-23)20(27)22-4-2/h5-8,17,19H,3-4,9-14H2,1-2H3,(H,22,27)/p+1/t17-,19-/m1/s1. The van der Waals surface area contributed by atoms with Gasteiger partial charge in [-0.3, -0.25) is 4.79 Å². The first-order valence-corrected chi connectivity index (χ1v) is 11.1. The van der Waals surface area contributed by atoms with Crippen molar-refractivity contribution in [1.82, 2.24) is 15.1 Å². The smallest absolute Gasteiger partial charge is 0.317 e. The van der Waals surface area contributed by atoms with Gasteiger partial charge in [0.1, 0.15) is 11.2 Å². The van der Waals surface area contributed by atoms with Gasteiger partial charge in [-0.1, -0.05) is 25.1 Å². The lowest BCUT2D eigenvalue weighted by molar-refractivity contribution is -0.903. The minimum absolute atomic E-state index is 0.00178. The molecule has 154 valence electrons. The van der Waals surface area contributed by atoms with Crippen LogP contribution in [0.15, 0.2) is 24.3 Å². The molecule has 2 atom stereocenters. The van der Waals surface area contributed by atoms with Crippen molar-refractivity contribution in [3.05, 3.63) is 35.6 Å². The van der Waals surface area contributed by atoms with Crippen molar-refractivity contribution in [2.75, 3.05) is 45.8 Å². The molecule has 0 bridgehead atoms. The van der Waals surface area contributed by atoms with Gasteiger partial charge < -0.3 is 20.0 Å². The first kappa shape index (κ1) is 20.9. The summed E-state index contributed by atoms with van der Waals surface area (Å²) in [6, 6.07) is 6.75. The number of hydrogen-bond donors (Lipinski definition) is 2. The molecule has 0 unspecified atom stereocenters. The second-order valence-electron chi connectivity index (χ2n) is 7.26. The van der Waals surface area contributed by atoms with E-state index in [2.05, 4.69) is 5.32 Å². The summed E-state index contributed by atoms with van der Waals surface area (Å²) in [7, 11) is 0. The summed E-state index contributed by atoms with van der Waals surface area (Å²) in [6.07, 6.45) is 0.753. The lowest BCUT2D eigenvalue weighted by Gasteiger charge is -2.33. The molecule has 6 nitrogen and oxygen atoms in total. The molecule has 28 heavy (non-hydrogen) atoms. The van der Waals surface area contributed by atoms with Crippen molar-refractivity contribution in [1.29, 1.82) is 0 Å². The number of nitrogens with one attached hydrogen (secondary N) is 2. The SMILES string of the molecule is CCNC(=O)N1CC[NH+](CCN2C(=O)[C@@H](CC)S[C@@H]2c2ccccc2F)CC1. The Morgan fingerprint density at radius 1 is 1.29 bits per heavy atom. The minimum atomic E-state index is -0.255. The van der Waals surface area contributed by atoms with Crippen LogP contribution in [0.25, 0.3) is 0 Å². The Morgan fingerprint density at radius 3 is 2.64 bits per heavy atom. The van der Waals surface area contributed by atoms with Crippen LogP contribution < -0.4 is 10.2 Å². The van der Waals surface area contributed by atoms with Crippen LogP contribution in [0, 0.1) is 5.82 Å². The van der Waals surface area contributed by atoms with Gasteiger partial charge in [-0.2, -0.15) is 0 Å². The van der Waals surface area contributed by atoms with E-state index >= 15 is 0 Å². The number of halogens is 1. The Bertz CT molecular complexity index is 697. The Balaban J connectivity index is 1.60. The maximum Gasteiger partial charge on any atom is 0.317 e. The average molecular weight is 410 g/mol. The van der Waals surface area contributed by atoms with Gasteiger partial charge in [0.15, 0.2) is 0 Å². The zero-order chi connectivity index (χ0) is 20.1. The van der Waals surface area contributed by atoms with Crippen LogP contribution in [-0.4, -0.2) is 72.8 Å². The first-order chi connectivity index (χ1) is 13.5. The zero-order valence-corrected chi connectivity index (χ0v) is 17.4. The van der Waals surface area contributed by atoms with E-state index in [4.69, 9.17) is 0 Å². The lowest BCUT2D eigenvalue weighted by Crippen LogP contribution is -3.15. The summed E-state index contributed by atoms with van der Waals surface area (Å²) in [5, 5.41) is 2.48. The lowest BCUT2D eigenvalue weighted by atomic mass is 10.2. The van der Waals surface area contributed by atoms with E-state index in [1.165, 1.54) is 11.0 Å². The number of quaternary nitrogens is 1. The van der Waals surface area contributed by atoms with Crippen LogP contribution in [0.2, 0.25) is 0 Å². The van der Waals surface area contributed by atoms with E-state index in [0.717, 1.165) is 39.1 Å². The molecule has 2 N–H and O–H groups in total. The summed E-state index contributed by atoms with van der Waals surface area (Å²) in [5.41, 5.74) is 0.591. The molecule has 2 aliphatic heterocycles. The quantitative estimate of drug-likeness (QED) is 0.740. The van der Waals surface area contributed by atoms with E-state index in [1.54, 1.807) is 23.9 Å². The highest BCUT2D eigenvalue weighted by Crippen LogP contribution is 2.44. The number of urea groups is 1. The van der Waals surface area contributed by atoms with E-state index in [-0.39, 0.29) is 28.4 Å². The van der Waals surface area contributed by atoms with Gasteiger partial charge in [0.2, 0.25) is 5.91 Å². The Morgan fingerprint density at radius 2 is 2.00 bits per heavy atom. The molecular weight excluding hydrogens is 379 g/mol. The molecule has 1 aromatic carbocycles. The monoisotopic (exact) mass is 409 g/mol. The Labute approximate surface area is 170 Å². The molecule has 2 aliphatic rings. The van der Waals surface area contributed by atoms with Gasteiger partial charge >= 0.3 is 6.03 Å². The number of nitrogens with zero attached hydrogens (tertiary/aromatic N) is 2. The third-order valence-electron chi connectivity index (χ3n) is 5.47. The summed E-state index contributed by atoms with van der Waals surface area (Å²) >= 11 is 1.56. The predicted octanol–water partition coefficient (Wildman–Crippen LogP) is 1.11. The highest BCUT2D eigenvalue weighted by molar-refractivity contribution is 8.01. The highest BCUT2D eigenvalue weighted by atomic mass is 32.2. The first-order valence-electron chi connectivity index (χ1n) is 10.1. The van der Waals surface area contributed by atoms with Crippen LogP contribution in [0.1, 0.15) is 31.2 Å². The molecule has 0 radical (unpaired) electrons. The number of hydrogen-bond acceptors (Lipinski definition) is 3. The van der Waals surface area contributed by atoms with Crippen molar-refractivity contribution >= 4 is 23.7 Å². The fourth-order valence-electron chi connectivity index (χ4n) is 3.82. The molecule has 0 aliphatic carbocycles. The Hall–Kier alpha value is -1.80. The van der Waals surface area contributed by atoms with Crippen molar-refractivity contribution in [3.63, 3.8) is 0 Å². The van der Waals surface area contributed by atoms with Gasteiger partial charge in [-0.05, 0) is 19.4 Å². The molecule has 2 fully saturated rings. The topological polar surface area (TPSA) is 57.1 Å². The van der Waals surface area contributed by atoms with Crippen molar-refractivity contribution in [2.24, 2.45) is 0 Å². The molecule has 8 heteroatoms. The molecule has 3 amide bonds. The summed E-state index contributed by atoms with van der Waals surface area (Å²) in [4.78, 5) is 29.8. The average Bonchev–Trinajstić information content (AvgIpc) is 3.02. The molecule has 0 aromatic heterocycles. The van der Waals surface area contributed by atoms with Gasteiger partial charge in [0, 0.05) is 12.1 Å². The number of carbonyl (C=O) groups is 2. The van der Waals surface area contributed by atoms with Crippen molar-refractivity contribution in [2.45, 2.75) is 30.9 Å². The van der Waals surface area contributed by atoms with Crippen LogP contribution in [0.4, 0.5) is 9.18 Å². The largest absolute Gasteiger partial charge is 0.338 e. The van der Waals surface area contributed by atoms with E-state index < -0.39 is 0 Å². The molecule has 3 rings (SSSR count). The van der Waals surface area contributed by atoms with E-state index in [0.29, 0.717) is 18.7 Å². The number of rotatable bonds is 6. The summed E-state index contributed by atoms with van der Waals surface area (Å²) in [5.74, 6) is -0.140. The second kappa shape index (κ2) is 9.60. The number of thioether (sulfide) groups is 1. The summed E-state index contributed by atoms with van der Waals surface area (Å²) < 4.78 is 14.3. The third-order valence-corrected chi connectivity index (χ3v) is 7.10. The Kier molecular flexibility index (Phi) is 7.18. The second-order valence-corrected chi connectivity index (χ2v) is 8.55. The van der Waals surface area contributed by atoms with Gasteiger partial charge in [0.05, 0.1) is 44.5 Å². The van der Waals surface area contributed by atoms with Gasteiger partial charge in [-0.15, -0.1) is 11.8 Å². The van der Waals surface area contributed by atoms with E-state index in [1.807, 2.05) is 29.7 Å². The van der Waals surface area contributed by atoms with Crippen LogP contribution in [0.5, 0.6) is 0 Å². The van der Waals surface area contributed by atoms with Gasteiger partial charge in [0.25, 0.3) is 0 Å². The molecular formula is C20H30FN4O2S+. The fourth-order valence-corrected chi connectivity index (χ4v) is 5.27. The van der Waals surface area contributed by atoms with E-state index in [9.17, 15) is 14.0 Å². The molecule has 0 spiro atoms. The fraction of sp³-hybridized carbons (Fsp3) is 0.600. The molecule has 1 aromatic rings. The number of benzene rings is 1. The van der Waals surface area contributed by atoms with Crippen LogP contribution >= 0.6 is 11.8 Å². The van der Waals surface area contributed by atoms with Crippen LogP contribution in [0.3, 0.4) is 0 Å². The normalized spacial score (nSPS) is 23.3. The zero-order valence-electron chi connectivity index (χ0n) is 16.6. The number of amides is 3. The minimum Gasteiger partial charge on any atom is -0.338 e. The maximum absolute atomic E-state index is 14.3. The number of piperazine rings is 1. The van der Waals surface area contributed by atoms with Crippen molar-refractivity contribution < 1.29 is 18.9 Å². The van der Waals surface area contributed by atoms with Gasteiger partial charge in [-0.25, -0.2) is 9.18 Å². The predicted molar refractivity (Wildman–Crippen MR) is 109 cm³/mol. The van der Waals surface area contributed by atoms with Crippen molar-refractivity contribution in [3.8, 4) is 0 Å². The molecule has 0 saturated carbocycles. The van der Waals surface area contributed by atoms with Crippen LogP contribution in [-0.2, 0) is 4.79 Å². The third kappa shape index (κ3) is 4.60. The maximum atomic E-state index is 14.3. The highest BCUT2D eigenvalue weighted by Gasteiger charge is 2.41. The summed E-state index contributed by atoms with van der Waals surface area (Å²) in [6.45, 7) is 9.16.